The third kappa shape index (κ3) is 3.16. The highest BCUT2D eigenvalue weighted by molar-refractivity contribution is 7.92. The SMILES string of the molecule is COc1cc(C)c(Cl)cc1S(=O)(=O)Nc1ccccc1C#N. The summed E-state index contributed by atoms with van der Waals surface area (Å²) in [5.41, 5.74) is 1.13. The number of aryl methyl sites for hydroxylation is 1. The van der Waals surface area contributed by atoms with Gasteiger partial charge in [0.2, 0.25) is 0 Å². The predicted molar refractivity (Wildman–Crippen MR) is 84.7 cm³/mol. The zero-order valence-corrected chi connectivity index (χ0v) is 13.5. The van der Waals surface area contributed by atoms with Gasteiger partial charge in [-0.3, -0.25) is 4.72 Å². The van der Waals surface area contributed by atoms with Crippen molar-refractivity contribution < 1.29 is 13.2 Å². The Morgan fingerprint density at radius 2 is 1.95 bits per heavy atom. The third-order valence-corrected chi connectivity index (χ3v) is 4.82. The van der Waals surface area contributed by atoms with Crippen LogP contribution in [0, 0.1) is 18.3 Å². The van der Waals surface area contributed by atoms with Crippen molar-refractivity contribution in [3.05, 3.63) is 52.5 Å². The quantitative estimate of drug-likeness (QED) is 0.928. The van der Waals surface area contributed by atoms with Crippen molar-refractivity contribution >= 4 is 27.3 Å². The summed E-state index contributed by atoms with van der Waals surface area (Å²) < 4.78 is 32.6. The van der Waals surface area contributed by atoms with Gasteiger partial charge in [-0.1, -0.05) is 23.7 Å². The molecule has 0 atom stereocenters. The van der Waals surface area contributed by atoms with Crippen LogP contribution in [0.25, 0.3) is 0 Å². The maximum atomic E-state index is 12.6. The molecule has 2 rings (SSSR count). The van der Waals surface area contributed by atoms with Gasteiger partial charge in [-0.15, -0.1) is 0 Å². The highest BCUT2D eigenvalue weighted by Crippen LogP contribution is 2.31. The van der Waals surface area contributed by atoms with Crippen molar-refractivity contribution in [2.24, 2.45) is 0 Å². The van der Waals surface area contributed by atoms with Crippen LogP contribution in [0.1, 0.15) is 11.1 Å². The Bertz CT molecular complexity index is 858. The van der Waals surface area contributed by atoms with Gasteiger partial charge >= 0.3 is 0 Å². The molecule has 0 bridgehead atoms. The van der Waals surface area contributed by atoms with E-state index in [1.54, 1.807) is 25.1 Å². The summed E-state index contributed by atoms with van der Waals surface area (Å²) in [5, 5.41) is 9.35. The normalized spacial score (nSPS) is 10.8. The Balaban J connectivity index is 2.52. The maximum absolute atomic E-state index is 12.6. The molecule has 0 aromatic heterocycles. The fraction of sp³-hybridized carbons (Fsp3) is 0.133. The molecule has 0 radical (unpaired) electrons. The number of rotatable bonds is 4. The molecular formula is C15H13ClN2O3S. The molecule has 7 heteroatoms. The Kier molecular flexibility index (Phi) is 4.59. The molecule has 0 heterocycles. The van der Waals surface area contributed by atoms with E-state index in [9.17, 15) is 8.42 Å². The number of benzene rings is 2. The van der Waals surface area contributed by atoms with Crippen molar-refractivity contribution in [2.75, 3.05) is 11.8 Å². The first-order valence-corrected chi connectivity index (χ1v) is 8.11. The monoisotopic (exact) mass is 336 g/mol. The lowest BCUT2D eigenvalue weighted by molar-refractivity contribution is 0.402. The Hall–Kier alpha value is -2.23. The van der Waals surface area contributed by atoms with E-state index in [0.717, 1.165) is 0 Å². The van der Waals surface area contributed by atoms with E-state index in [4.69, 9.17) is 21.6 Å². The number of nitrogens with zero attached hydrogens (tertiary/aromatic N) is 1. The summed E-state index contributed by atoms with van der Waals surface area (Å²) in [6, 6.07) is 11.1. The van der Waals surface area contributed by atoms with E-state index in [0.29, 0.717) is 10.6 Å². The van der Waals surface area contributed by atoms with Crippen molar-refractivity contribution in [2.45, 2.75) is 11.8 Å². The van der Waals surface area contributed by atoms with E-state index in [1.807, 2.05) is 6.07 Å². The lowest BCUT2D eigenvalue weighted by atomic mass is 10.2. The number of para-hydroxylation sites is 1. The number of halogens is 1. The Morgan fingerprint density at radius 1 is 1.27 bits per heavy atom. The van der Waals surface area contributed by atoms with E-state index < -0.39 is 10.0 Å². The molecule has 1 N–H and O–H groups in total. The number of sulfonamides is 1. The number of nitriles is 1. The van der Waals surface area contributed by atoms with Crippen LogP contribution in [0.2, 0.25) is 5.02 Å². The highest BCUT2D eigenvalue weighted by Gasteiger charge is 2.22. The lowest BCUT2D eigenvalue weighted by Gasteiger charge is -2.13. The standard InChI is InChI=1S/C15H13ClN2O3S/c1-10-7-14(21-2)15(8-12(10)16)22(19,20)18-13-6-4-3-5-11(13)9-17/h3-8,18H,1-2H3. The molecule has 0 unspecified atom stereocenters. The lowest BCUT2D eigenvalue weighted by Crippen LogP contribution is -2.15. The number of nitrogens with one attached hydrogen (secondary N) is 1. The van der Waals surface area contributed by atoms with Crippen molar-refractivity contribution in [1.82, 2.24) is 0 Å². The van der Waals surface area contributed by atoms with Gasteiger partial charge < -0.3 is 4.74 Å². The number of methoxy groups -OCH3 is 1. The minimum Gasteiger partial charge on any atom is -0.495 e. The summed E-state index contributed by atoms with van der Waals surface area (Å²) in [6.07, 6.45) is 0. The fourth-order valence-electron chi connectivity index (χ4n) is 1.88. The van der Waals surface area contributed by atoms with Crippen molar-refractivity contribution in [3.63, 3.8) is 0 Å². The maximum Gasteiger partial charge on any atom is 0.265 e. The second-order valence-corrected chi connectivity index (χ2v) is 6.57. The van der Waals surface area contributed by atoms with Crippen LogP contribution in [0.5, 0.6) is 5.75 Å². The first-order chi connectivity index (χ1) is 10.4. The van der Waals surface area contributed by atoms with E-state index in [2.05, 4.69) is 4.72 Å². The number of hydrogen-bond donors (Lipinski definition) is 1. The zero-order chi connectivity index (χ0) is 16.3. The Morgan fingerprint density at radius 3 is 2.59 bits per heavy atom. The summed E-state index contributed by atoms with van der Waals surface area (Å²) in [4.78, 5) is -0.0849. The molecule has 0 spiro atoms. The summed E-state index contributed by atoms with van der Waals surface area (Å²) in [6.45, 7) is 1.75. The van der Waals surface area contributed by atoms with Gasteiger partial charge in [-0.2, -0.15) is 5.26 Å². The molecule has 2 aromatic carbocycles. The van der Waals surface area contributed by atoms with E-state index in [1.165, 1.54) is 25.3 Å². The number of hydrogen-bond acceptors (Lipinski definition) is 4. The average Bonchev–Trinajstić information content (AvgIpc) is 2.49. The minimum absolute atomic E-state index is 0.0849. The largest absolute Gasteiger partial charge is 0.495 e. The molecule has 114 valence electrons. The minimum atomic E-state index is -3.94. The highest BCUT2D eigenvalue weighted by atomic mass is 35.5. The van der Waals surface area contributed by atoms with Crippen LogP contribution in [-0.2, 0) is 10.0 Å². The van der Waals surface area contributed by atoms with Gasteiger partial charge in [-0.25, -0.2) is 8.42 Å². The molecule has 22 heavy (non-hydrogen) atoms. The second-order valence-electron chi connectivity index (χ2n) is 4.52. The number of ether oxygens (including phenoxy) is 1. The van der Waals surface area contributed by atoms with Gasteiger partial charge in [0.15, 0.2) is 0 Å². The molecular weight excluding hydrogens is 324 g/mol. The van der Waals surface area contributed by atoms with Crippen LogP contribution < -0.4 is 9.46 Å². The zero-order valence-electron chi connectivity index (χ0n) is 11.9. The van der Waals surface area contributed by atoms with Crippen LogP contribution in [-0.4, -0.2) is 15.5 Å². The van der Waals surface area contributed by atoms with E-state index >= 15 is 0 Å². The molecule has 5 nitrogen and oxygen atoms in total. The molecule has 0 fully saturated rings. The van der Waals surface area contributed by atoms with Gasteiger partial charge in [0.25, 0.3) is 10.0 Å². The van der Waals surface area contributed by atoms with Crippen molar-refractivity contribution in [1.29, 1.82) is 5.26 Å². The summed E-state index contributed by atoms with van der Waals surface area (Å²) in [5.74, 6) is 0.184. The molecule has 0 saturated carbocycles. The van der Waals surface area contributed by atoms with Gasteiger partial charge in [0.05, 0.1) is 18.4 Å². The van der Waals surface area contributed by atoms with E-state index in [-0.39, 0.29) is 21.9 Å². The fourth-order valence-corrected chi connectivity index (χ4v) is 3.36. The van der Waals surface area contributed by atoms with Crippen molar-refractivity contribution in [3.8, 4) is 11.8 Å². The predicted octanol–water partition coefficient (Wildman–Crippen LogP) is 3.33. The molecule has 0 aliphatic rings. The summed E-state index contributed by atoms with van der Waals surface area (Å²) in [7, 11) is -2.56. The number of anilines is 1. The first kappa shape index (κ1) is 16.1. The third-order valence-electron chi connectivity index (χ3n) is 3.03. The van der Waals surface area contributed by atoms with Crippen LogP contribution >= 0.6 is 11.6 Å². The van der Waals surface area contributed by atoms with Gasteiger partial charge in [0, 0.05) is 5.02 Å². The molecule has 0 saturated heterocycles. The Labute approximate surface area is 134 Å². The van der Waals surface area contributed by atoms with Crippen LogP contribution in [0.4, 0.5) is 5.69 Å². The average molecular weight is 337 g/mol. The smallest absolute Gasteiger partial charge is 0.265 e. The van der Waals surface area contributed by atoms with Gasteiger partial charge in [0.1, 0.15) is 16.7 Å². The summed E-state index contributed by atoms with van der Waals surface area (Å²) >= 11 is 6.01. The second kappa shape index (κ2) is 6.26. The molecule has 0 amide bonds. The van der Waals surface area contributed by atoms with Crippen LogP contribution in [0.3, 0.4) is 0 Å². The molecule has 2 aromatic rings. The topological polar surface area (TPSA) is 79.2 Å². The molecule has 0 aliphatic carbocycles. The van der Waals surface area contributed by atoms with Crippen LogP contribution in [0.15, 0.2) is 41.3 Å². The molecule has 0 aliphatic heterocycles. The van der Waals surface area contributed by atoms with Gasteiger partial charge in [-0.05, 0) is 36.8 Å². The first-order valence-electron chi connectivity index (χ1n) is 6.25.